The van der Waals surface area contributed by atoms with Crippen LogP contribution in [0.25, 0.3) is 66.9 Å². The van der Waals surface area contributed by atoms with Crippen molar-refractivity contribution in [2.24, 2.45) is 0 Å². The number of rotatable bonds is 8. The third-order valence-corrected chi connectivity index (χ3v) is 13.0. The summed E-state index contributed by atoms with van der Waals surface area (Å²) in [7, 11) is -3.14. The third kappa shape index (κ3) is 6.26. The predicted octanol–water partition coefficient (Wildman–Crippen LogP) is 11.6. The van der Waals surface area contributed by atoms with E-state index in [0.29, 0.717) is 5.82 Å². The van der Waals surface area contributed by atoms with Crippen molar-refractivity contribution in [2.45, 2.75) is 0 Å². The van der Waals surface area contributed by atoms with E-state index < -0.39 is 7.14 Å². The Bertz CT molecular complexity index is 2680. The molecule has 0 saturated heterocycles. The zero-order valence-electron chi connectivity index (χ0n) is 29.5. The lowest BCUT2D eigenvalue weighted by molar-refractivity contribution is 0.592. The molecule has 0 radical (unpaired) electrons. The van der Waals surface area contributed by atoms with Crippen molar-refractivity contribution in [3.05, 3.63) is 212 Å². The Morgan fingerprint density at radius 1 is 0.315 bits per heavy atom. The van der Waals surface area contributed by atoms with E-state index in [-0.39, 0.29) is 0 Å². The molecule has 0 N–H and O–H groups in total. The molecule has 1 aromatic heterocycles. The Morgan fingerprint density at radius 2 is 0.704 bits per heavy atom. The van der Waals surface area contributed by atoms with Crippen LogP contribution in [0.2, 0.25) is 0 Å². The lowest BCUT2D eigenvalue weighted by Crippen LogP contribution is -2.25. The molecule has 0 spiro atoms. The maximum Gasteiger partial charge on any atom is 0.171 e. The summed E-state index contributed by atoms with van der Waals surface area (Å²) < 4.78 is 15.2. The number of nitrogens with zero attached hydrogens (tertiary/aromatic N) is 2. The van der Waals surface area contributed by atoms with E-state index in [1.165, 1.54) is 0 Å². The zero-order valence-corrected chi connectivity index (χ0v) is 30.4. The Kier molecular flexibility index (Phi) is 8.84. The Hall–Kier alpha value is -6.67. The Morgan fingerprint density at radius 3 is 1.22 bits per heavy atom. The number of fused-ring (bicyclic) bond motifs is 1. The fraction of sp³-hybridized carbons (Fsp3) is 0. The molecule has 8 aromatic carbocycles. The van der Waals surface area contributed by atoms with E-state index in [2.05, 4.69) is 103 Å². The largest absolute Gasteiger partial charge is 0.309 e. The van der Waals surface area contributed by atoms with E-state index >= 15 is 4.57 Å². The van der Waals surface area contributed by atoms with Crippen molar-refractivity contribution in [1.82, 2.24) is 9.97 Å². The van der Waals surface area contributed by atoms with Crippen LogP contribution >= 0.6 is 7.14 Å². The van der Waals surface area contributed by atoms with Gasteiger partial charge in [-0.05, 0) is 51.2 Å². The van der Waals surface area contributed by atoms with E-state index in [1.807, 2.05) is 109 Å². The molecule has 54 heavy (non-hydrogen) atoms. The van der Waals surface area contributed by atoms with Gasteiger partial charge in [0.2, 0.25) is 0 Å². The summed E-state index contributed by atoms with van der Waals surface area (Å²) >= 11 is 0. The summed E-state index contributed by atoms with van der Waals surface area (Å²) in [6, 6.07) is 72.0. The monoisotopic (exact) mass is 710 g/mol. The van der Waals surface area contributed by atoms with Gasteiger partial charge in [-0.25, -0.2) is 9.97 Å². The minimum Gasteiger partial charge on any atom is -0.309 e. The van der Waals surface area contributed by atoms with Gasteiger partial charge in [-0.1, -0.05) is 194 Å². The van der Waals surface area contributed by atoms with Crippen LogP contribution in [0.15, 0.2) is 212 Å². The maximum atomic E-state index is 15.2. The van der Waals surface area contributed by atoms with E-state index in [4.69, 9.17) is 9.97 Å². The second-order valence-electron chi connectivity index (χ2n) is 13.3. The predicted molar refractivity (Wildman–Crippen MR) is 226 cm³/mol. The van der Waals surface area contributed by atoms with Gasteiger partial charge < -0.3 is 4.57 Å². The smallest absolute Gasteiger partial charge is 0.171 e. The molecule has 0 saturated carbocycles. The number of hydrogen-bond donors (Lipinski definition) is 0. The van der Waals surface area contributed by atoms with Crippen LogP contribution in [0, 0.1) is 0 Å². The molecule has 0 unspecified atom stereocenters. The van der Waals surface area contributed by atoms with Crippen molar-refractivity contribution in [3.8, 4) is 56.2 Å². The molecular weight excluding hydrogens is 676 g/mol. The number of hydrogen-bond acceptors (Lipinski definition) is 3. The Balaban J connectivity index is 1.15. The molecule has 0 amide bonds. The van der Waals surface area contributed by atoms with Gasteiger partial charge in [0.25, 0.3) is 0 Å². The Labute approximate surface area is 315 Å². The highest BCUT2D eigenvalue weighted by Gasteiger charge is 2.30. The van der Waals surface area contributed by atoms with Gasteiger partial charge in [0.05, 0.1) is 11.4 Å². The summed E-state index contributed by atoms with van der Waals surface area (Å²) in [5.41, 5.74) is 9.11. The van der Waals surface area contributed by atoms with Gasteiger partial charge in [-0.15, -0.1) is 0 Å². The highest BCUT2D eigenvalue weighted by Crippen LogP contribution is 2.44. The molecule has 0 bridgehead atoms. The van der Waals surface area contributed by atoms with Crippen molar-refractivity contribution >= 4 is 33.8 Å². The van der Waals surface area contributed by atoms with Crippen LogP contribution in [-0.2, 0) is 4.57 Å². The maximum absolute atomic E-state index is 15.2. The summed E-state index contributed by atoms with van der Waals surface area (Å²) in [5.74, 6) is 0.677. The van der Waals surface area contributed by atoms with E-state index in [9.17, 15) is 0 Å². The molecule has 3 nitrogen and oxygen atoms in total. The lowest BCUT2D eigenvalue weighted by Gasteiger charge is -2.21. The summed E-state index contributed by atoms with van der Waals surface area (Å²) in [6.45, 7) is 0. The van der Waals surface area contributed by atoms with Crippen LogP contribution in [-0.4, -0.2) is 9.97 Å². The van der Waals surface area contributed by atoms with E-state index in [0.717, 1.165) is 77.0 Å². The quantitative estimate of drug-likeness (QED) is 0.147. The first-order chi connectivity index (χ1) is 26.6. The summed E-state index contributed by atoms with van der Waals surface area (Å²) in [6.07, 6.45) is 0. The molecule has 9 aromatic rings. The minimum atomic E-state index is -3.14. The van der Waals surface area contributed by atoms with Crippen LogP contribution in [0.4, 0.5) is 0 Å². The van der Waals surface area contributed by atoms with Crippen LogP contribution < -0.4 is 15.9 Å². The van der Waals surface area contributed by atoms with Crippen LogP contribution in [0.3, 0.4) is 0 Å². The average Bonchev–Trinajstić information content (AvgIpc) is 3.27. The summed E-state index contributed by atoms with van der Waals surface area (Å²) in [4.78, 5) is 10.2. The normalized spacial score (nSPS) is 11.4. The van der Waals surface area contributed by atoms with Crippen LogP contribution in [0.5, 0.6) is 0 Å². The highest BCUT2D eigenvalue weighted by molar-refractivity contribution is 7.85. The van der Waals surface area contributed by atoms with Gasteiger partial charge >= 0.3 is 0 Å². The molecule has 0 aliphatic heterocycles. The van der Waals surface area contributed by atoms with Gasteiger partial charge in [-0.3, -0.25) is 0 Å². The SMILES string of the molecule is O=P(c1ccccc1)(c1ccccc1)c1cccc(-c2ccc(-c3cccc(-c4nc(-c5ccccc5)cc(-c5ccccc5)n4)c3)c3ccccc23)c1. The van der Waals surface area contributed by atoms with E-state index in [1.54, 1.807) is 0 Å². The number of aromatic nitrogens is 2. The molecule has 9 rings (SSSR count). The lowest BCUT2D eigenvalue weighted by atomic mass is 9.91. The summed E-state index contributed by atoms with van der Waals surface area (Å²) in [5, 5.41) is 4.72. The topological polar surface area (TPSA) is 42.9 Å². The standard InChI is InChI=1S/C50H35N2OP/c53-54(41-24-9-3-10-25-41,42-26-11-4-12-27-42)43-28-16-22-39(34-43)45-32-31-44(46-29-13-14-30-47(45)46)38-21-15-23-40(33-38)50-51-48(36-17-5-1-6-18-36)35-49(52-50)37-19-7-2-8-20-37/h1-35H. The second kappa shape index (κ2) is 14.4. The fourth-order valence-corrected chi connectivity index (χ4v) is 10.0. The van der Waals surface area contributed by atoms with Gasteiger partial charge in [0.1, 0.15) is 0 Å². The van der Waals surface area contributed by atoms with Gasteiger partial charge in [-0.2, -0.15) is 0 Å². The molecule has 1 heterocycles. The van der Waals surface area contributed by atoms with Crippen molar-refractivity contribution in [3.63, 3.8) is 0 Å². The molecule has 0 atom stereocenters. The molecular formula is C50H35N2OP. The minimum absolute atomic E-state index is 0.677. The third-order valence-electron chi connectivity index (χ3n) is 9.98. The molecule has 256 valence electrons. The van der Waals surface area contributed by atoms with Gasteiger partial charge in [0, 0.05) is 32.6 Å². The number of benzene rings is 8. The van der Waals surface area contributed by atoms with Gasteiger partial charge in [0.15, 0.2) is 13.0 Å². The first-order valence-electron chi connectivity index (χ1n) is 18.1. The molecule has 0 aliphatic rings. The first kappa shape index (κ1) is 33.2. The fourth-order valence-electron chi connectivity index (χ4n) is 7.31. The zero-order chi connectivity index (χ0) is 36.3. The van der Waals surface area contributed by atoms with Crippen molar-refractivity contribution in [2.75, 3.05) is 0 Å². The van der Waals surface area contributed by atoms with Crippen molar-refractivity contribution in [1.29, 1.82) is 0 Å². The first-order valence-corrected chi connectivity index (χ1v) is 19.8. The highest BCUT2D eigenvalue weighted by atomic mass is 31.2. The molecule has 4 heteroatoms. The molecule has 0 aliphatic carbocycles. The van der Waals surface area contributed by atoms with Crippen molar-refractivity contribution < 1.29 is 4.57 Å². The van der Waals surface area contributed by atoms with Crippen LogP contribution in [0.1, 0.15) is 0 Å². The average molecular weight is 711 g/mol. The second-order valence-corrected chi connectivity index (χ2v) is 16.1. The molecule has 0 fully saturated rings.